The van der Waals surface area contributed by atoms with Gasteiger partial charge < -0.3 is 5.32 Å². The highest BCUT2D eigenvalue weighted by Gasteiger charge is 2.33. The molecule has 144 valence electrons. The number of amides is 1. The molecule has 0 aromatic heterocycles. The van der Waals surface area contributed by atoms with E-state index >= 15 is 0 Å². The Morgan fingerprint density at radius 3 is 2.59 bits per heavy atom. The largest absolute Gasteiger partial charge is 0.352 e. The molecule has 1 aliphatic heterocycles. The number of sulfonamides is 1. The van der Waals surface area contributed by atoms with Crippen molar-refractivity contribution in [2.45, 2.75) is 24.3 Å². The number of carbonyl (C=O) groups excluding carboxylic acids is 1. The third kappa shape index (κ3) is 4.66. The quantitative estimate of drug-likeness (QED) is 0.823. The smallest absolute Gasteiger partial charge is 0.243 e. The van der Waals surface area contributed by atoms with Crippen molar-refractivity contribution in [3.8, 4) is 0 Å². The van der Waals surface area contributed by atoms with Crippen LogP contribution >= 0.6 is 11.6 Å². The van der Waals surface area contributed by atoms with Crippen LogP contribution in [0, 0.1) is 11.7 Å². The molecule has 0 spiro atoms. The van der Waals surface area contributed by atoms with Crippen molar-refractivity contribution >= 4 is 27.5 Å². The first-order valence-corrected chi connectivity index (χ1v) is 10.5. The summed E-state index contributed by atoms with van der Waals surface area (Å²) < 4.78 is 40.6. The Kier molecular flexibility index (Phi) is 6.14. The van der Waals surface area contributed by atoms with Gasteiger partial charge in [-0.05, 0) is 43.2 Å². The van der Waals surface area contributed by atoms with Gasteiger partial charge >= 0.3 is 0 Å². The third-order valence-electron chi connectivity index (χ3n) is 4.62. The fourth-order valence-electron chi connectivity index (χ4n) is 3.10. The highest BCUT2D eigenvalue weighted by atomic mass is 35.5. The van der Waals surface area contributed by atoms with Gasteiger partial charge in [-0.25, -0.2) is 12.8 Å². The second-order valence-corrected chi connectivity index (χ2v) is 8.84. The Morgan fingerprint density at radius 1 is 1.19 bits per heavy atom. The van der Waals surface area contributed by atoms with Crippen molar-refractivity contribution in [2.24, 2.45) is 5.92 Å². The van der Waals surface area contributed by atoms with Crippen LogP contribution in [0.1, 0.15) is 18.4 Å². The van der Waals surface area contributed by atoms with E-state index in [2.05, 4.69) is 5.32 Å². The summed E-state index contributed by atoms with van der Waals surface area (Å²) in [5.41, 5.74) is 0.396. The van der Waals surface area contributed by atoms with Gasteiger partial charge in [0.2, 0.25) is 15.9 Å². The highest BCUT2D eigenvalue weighted by Crippen LogP contribution is 2.25. The van der Waals surface area contributed by atoms with Crippen molar-refractivity contribution in [2.75, 3.05) is 13.1 Å². The van der Waals surface area contributed by atoms with Crippen LogP contribution in [0.3, 0.4) is 0 Å². The Bertz CT molecular complexity index is 919. The van der Waals surface area contributed by atoms with Gasteiger partial charge in [0.1, 0.15) is 5.82 Å². The molecule has 1 unspecified atom stereocenters. The van der Waals surface area contributed by atoms with Gasteiger partial charge in [-0.1, -0.05) is 29.8 Å². The first-order valence-electron chi connectivity index (χ1n) is 8.65. The fraction of sp³-hybridized carbons (Fsp3) is 0.316. The average Bonchev–Trinajstić information content (AvgIpc) is 2.67. The normalized spacial score (nSPS) is 18.2. The van der Waals surface area contributed by atoms with Crippen LogP contribution in [0.15, 0.2) is 53.4 Å². The lowest BCUT2D eigenvalue weighted by atomic mass is 9.98. The molecule has 1 saturated heterocycles. The maximum Gasteiger partial charge on any atom is 0.243 e. The van der Waals surface area contributed by atoms with Crippen molar-refractivity contribution in [3.05, 3.63) is 64.9 Å². The molecule has 8 heteroatoms. The third-order valence-corrected chi connectivity index (χ3v) is 6.75. The molecule has 1 heterocycles. The van der Waals surface area contributed by atoms with Crippen molar-refractivity contribution in [1.29, 1.82) is 0 Å². The number of benzene rings is 2. The van der Waals surface area contributed by atoms with Gasteiger partial charge in [-0.2, -0.15) is 4.31 Å². The molecule has 1 amide bonds. The van der Waals surface area contributed by atoms with Crippen LogP contribution < -0.4 is 5.32 Å². The average molecular weight is 411 g/mol. The molecule has 1 N–H and O–H groups in total. The summed E-state index contributed by atoms with van der Waals surface area (Å²) in [5, 5.41) is 3.17. The predicted molar refractivity (Wildman–Crippen MR) is 101 cm³/mol. The van der Waals surface area contributed by atoms with Crippen LogP contribution in [0.25, 0.3) is 0 Å². The molecule has 0 saturated carbocycles. The van der Waals surface area contributed by atoms with E-state index in [0.717, 1.165) is 0 Å². The SMILES string of the molecule is O=C(NCc1ccccc1F)C1CCCN(S(=O)(=O)c2ccc(Cl)cc2)C1. The molecule has 2 aromatic carbocycles. The van der Waals surface area contributed by atoms with Crippen LogP contribution in [0.4, 0.5) is 4.39 Å². The van der Waals surface area contributed by atoms with E-state index in [1.54, 1.807) is 18.2 Å². The van der Waals surface area contributed by atoms with Gasteiger partial charge in [0, 0.05) is 30.2 Å². The second-order valence-electron chi connectivity index (χ2n) is 6.47. The number of hydrogen-bond acceptors (Lipinski definition) is 3. The van der Waals surface area contributed by atoms with Gasteiger partial charge in [0.25, 0.3) is 0 Å². The number of nitrogens with one attached hydrogen (secondary N) is 1. The number of piperidine rings is 1. The molecule has 1 fully saturated rings. The van der Waals surface area contributed by atoms with E-state index < -0.39 is 15.9 Å². The van der Waals surface area contributed by atoms with Crippen LogP contribution in [0.5, 0.6) is 0 Å². The summed E-state index contributed by atoms with van der Waals surface area (Å²) >= 11 is 5.82. The molecule has 0 aliphatic carbocycles. The summed E-state index contributed by atoms with van der Waals surface area (Å²) in [5.74, 6) is -1.12. The zero-order valence-corrected chi connectivity index (χ0v) is 16.1. The maximum absolute atomic E-state index is 13.7. The number of hydrogen-bond donors (Lipinski definition) is 1. The number of halogens is 2. The topological polar surface area (TPSA) is 66.5 Å². The number of nitrogens with zero attached hydrogens (tertiary/aromatic N) is 1. The van der Waals surface area contributed by atoms with Crippen molar-refractivity contribution in [1.82, 2.24) is 9.62 Å². The van der Waals surface area contributed by atoms with E-state index in [0.29, 0.717) is 30.0 Å². The molecule has 1 atom stereocenters. The van der Waals surface area contributed by atoms with E-state index in [-0.39, 0.29) is 29.7 Å². The number of rotatable bonds is 5. The maximum atomic E-state index is 13.7. The highest BCUT2D eigenvalue weighted by molar-refractivity contribution is 7.89. The van der Waals surface area contributed by atoms with Crippen LogP contribution in [0.2, 0.25) is 5.02 Å². The Balaban J connectivity index is 1.65. The Hall–Kier alpha value is -1.96. The lowest BCUT2D eigenvalue weighted by Crippen LogP contribution is -2.45. The summed E-state index contributed by atoms with van der Waals surface area (Å²) in [4.78, 5) is 12.6. The summed E-state index contributed by atoms with van der Waals surface area (Å²) in [6.45, 7) is 0.544. The lowest BCUT2D eigenvalue weighted by molar-refractivity contribution is -0.126. The second kappa shape index (κ2) is 8.37. The molecular weight excluding hydrogens is 391 g/mol. The molecular formula is C19H20ClFN2O3S. The molecule has 2 aromatic rings. The lowest BCUT2D eigenvalue weighted by Gasteiger charge is -2.31. The standard InChI is InChI=1S/C19H20ClFN2O3S/c20-16-7-9-17(10-8-16)27(25,26)23-11-3-5-15(13-23)19(24)22-12-14-4-1-2-6-18(14)21/h1-2,4,6-10,15H,3,5,11-13H2,(H,22,24). The zero-order valence-electron chi connectivity index (χ0n) is 14.6. The van der Waals surface area contributed by atoms with Crippen molar-refractivity contribution in [3.63, 3.8) is 0 Å². The number of carbonyl (C=O) groups is 1. The minimum absolute atomic E-state index is 0.0753. The zero-order chi connectivity index (χ0) is 19.4. The Labute approximate surface area is 163 Å². The van der Waals surface area contributed by atoms with Crippen LogP contribution in [-0.2, 0) is 21.4 Å². The summed E-state index contributed by atoms with van der Waals surface area (Å²) in [6.07, 6.45) is 1.18. The van der Waals surface area contributed by atoms with Gasteiger partial charge in [0.15, 0.2) is 0 Å². The predicted octanol–water partition coefficient (Wildman–Crippen LogP) is 3.20. The van der Waals surface area contributed by atoms with E-state index in [9.17, 15) is 17.6 Å². The molecule has 0 radical (unpaired) electrons. The van der Waals surface area contributed by atoms with E-state index in [1.165, 1.54) is 34.6 Å². The molecule has 27 heavy (non-hydrogen) atoms. The summed E-state index contributed by atoms with van der Waals surface area (Å²) in [6, 6.07) is 12.2. The first-order chi connectivity index (χ1) is 12.9. The fourth-order valence-corrected chi connectivity index (χ4v) is 4.75. The van der Waals surface area contributed by atoms with E-state index in [1.807, 2.05) is 0 Å². The van der Waals surface area contributed by atoms with Gasteiger partial charge in [0.05, 0.1) is 10.8 Å². The van der Waals surface area contributed by atoms with Gasteiger partial charge in [-0.15, -0.1) is 0 Å². The van der Waals surface area contributed by atoms with Crippen LogP contribution in [-0.4, -0.2) is 31.7 Å². The minimum atomic E-state index is -3.68. The molecule has 3 rings (SSSR count). The molecule has 5 nitrogen and oxygen atoms in total. The molecule has 1 aliphatic rings. The van der Waals surface area contributed by atoms with Crippen molar-refractivity contribution < 1.29 is 17.6 Å². The minimum Gasteiger partial charge on any atom is -0.352 e. The molecule has 0 bridgehead atoms. The van der Waals surface area contributed by atoms with Gasteiger partial charge in [-0.3, -0.25) is 4.79 Å². The van der Waals surface area contributed by atoms with E-state index in [4.69, 9.17) is 11.6 Å². The Morgan fingerprint density at radius 2 is 1.89 bits per heavy atom. The summed E-state index contributed by atoms with van der Waals surface area (Å²) in [7, 11) is -3.68. The monoisotopic (exact) mass is 410 g/mol. The first kappa shape index (κ1) is 19.8.